The molecule has 0 bridgehead atoms. The number of nitrogens with two attached hydrogens (primary N) is 1. The van der Waals surface area contributed by atoms with E-state index in [1.807, 2.05) is 18.5 Å². The molecule has 0 atom stereocenters. The molecule has 8 nitrogen and oxygen atoms in total. The maximum Gasteiger partial charge on any atom is 0.227 e. The van der Waals surface area contributed by atoms with Crippen molar-refractivity contribution in [3.63, 3.8) is 0 Å². The summed E-state index contributed by atoms with van der Waals surface area (Å²) in [6, 6.07) is 9.37. The number of benzene rings is 1. The van der Waals surface area contributed by atoms with E-state index in [9.17, 15) is 0 Å². The van der Waals surface area contributed by atoms with E-state index in [1.54, 1.807) is 7.11 Å². The van der Waals surface area contributed by atoms with E-state index < -0.39 is 0 Å². The smallest absolute Gasteiger partial charge is 0.227 e. The van der Waals surface area contributed by atoms with Crippen LogP contribution in [-0.2, 0) is 6.42 Å². The minimum atomic E-state index is 0. The largest absolute Gasteiger partial charge is 0.497 e. The molecule has 2 fully saturated rings. The van der Waals surface area contributed by atoms with Gasteiger partial charge in [0.25, 0.3) is 0 Å². The lowest BCUT2D eigenvalue weighted by atomic mass is 9.92. The van der Waals surface area contributed by atoms with Crippen LogP contribution in [0.4, 0.5) is 11.8 Å². The Hall–Kier alpha value is -2.58. The van der Waals surface area contributed by atoms with E-state index >= 15 is 0 Å². The average molecular weight is 486 g/mol. The van der Waals surface area contributed by atoms with Gasteiger partial charge in [-0.2, -0.15) is 9.97 Å². The first-order valence-electron chi connectivity index (χ1n) is 12.3. The Morgan fingerprint density at radius 1 is 1.09 bits per heavy atom. The number of rotatable bonds is 8. The van der Waals surface area contributed by atoms with Crippen LogP contribution in [0.2, 0.25) is 0 Å². The lowest BCUT2D eigenvalue weighted by Crippen LogP contribution is -2.33. The van der Waals surface area contributed by atoms with Crippen molar-refractivity contribution in [2.75, 3.05) is 24.3 Å². The van der Waals surface area contributed by atoms with Gasteiger partial charge in [0.15, 0.2) is 17.0 Å². The van der Waals surface area contributed by atoms with E-state index in [0.29, 0.717) is 24.1 Å². The number of imidazole rings is 1. The third kappa shape index (κ3) is 5.55. The molecule has 2 aromatic heterocycles. The zero-order valence-corrected chi connectivity index (χ0v) is 20.7. The van der Waals surface area contributed by atoms with Crippen LogP contribution in [0.5, 0.6) is 5.75 Å². The Bertz CT molecular complexity index is 1070. The standard InChI is InChI=1S/C25H35N7O.ClH/c1-33-21-8-4-5-17(15-21)13-14-27-23-22-24(32(16-28-22)20-6-2-3-7-20)31-25(30-23)29-19-11-9-18(26)10-12-19;/h4-5,8,15-16,18-20H,2-3,6-7,9-14,26H2,1H3,(H2,27,29,30,31);1H. The van der Waals surface area contributed by atoms with Gasteiger partial charge in [-0.25, -0.2) is 4.98 Å². The van der Waals surface area contributed by atoms with Crippen molar-refractivity contribution in [3.8, 4) is 5.75 Å². The number of hydrogen-bond donors (Lipinski definition) is 3. The monoisotopic (exact) mass is 485 g/mol. The van der Waals surface area contributed by atoms with Crippen LogP contribution in [-0.4, -0.2) is 45.3 Å². The van der Waals surface area contributed by atoms with Crippen molar-refractivity contribution < 1.29 is 4.74 Å². The Kier molecular flexibility index (Phi) is 8.11. The fourth-order valence-electron chi connectivity index (χ4n) is 5.15. The summed E-state index contributed by atoms with van der Waals surface area (Å²) in [5.41, 5.74) is 9.10. The van der Waals surface area contributed by atoms with Crippen LogP contribution < -0.4 is 21.1 Å². The third-order valence-corrected chi connectivity index (χ3v) is 7.08. The zero-order chi connectivity index (χ0) is 22.6. The summed E-state index contributed by atoms with van der Waals surface area (Å²) in [5, 5.41) is 7.12. The molecule has 4 N–H and O–H groups in total. The van der Waals surface area contributed by atoms with Gasteiger partial charge in [0.05, 0.1) is 13.4 Å². The van der Waals surface area contributed by atoms with Crippen LogP contribution in [0.1, 0.15) is 63.0 Å². The predicted octanol–water partition coefficient (Wildman–Crippen LogP) is 4.71. The van der Waals surface area contributed by atoms with Gasteiger partial charge >= 0.3 is 0 Å². The van der Waals surface area contributed by atoms with Crippen molar-refractivity contribution in [2.45, 2.75) is 75.9 Å². The molecule has 0 spiro atoms. The van der Waals surface area contributed by atoms with Crippen LogP contribution in [0.3, 0.4) is 0 Å². The van der Waals surface area contributed by atoms with Crippen molar-refractivity contribution in [1.82, 2.24) is 19.5 Å². The van der Waals surface area contributed by atoms with E-state index in [2.05, 4.69) is 27.3 Å². The highest BCUT2D eigenvalue weighted by molar-refractivity contribution is 5.85. The number of nitrogens with zero attached hydrogens (tertiary/aromatic N) is 4. The van der Waals surface area contributed by atoms with Crippen molar-refractivity contribution in [2.24, 2.45) is 5.73 Å². The molecule has 2 aliphatic rings. The maximum atomic E-state index is 6.10. The van der Waals surface area contributed by atoms with Gasteiger partial charge in [0, 0.05) is 24.7 Å². The van der Waals surface area contributed by atoms with Crippen LogP contribution in [0, 0.1) is 0 Å². The molecule has 34 heavy (non-hydrogen) atoms. The topological polar surface area (TPSA) is 103 Å². The first-order chi connectivity index (χ1) is 16.2. The molecule has 9 heteroatoms. The molecule has 0 unspecified atom stereocenters. The van der Waals surface area contributed by atoms with Gasteiger partial charge in [-0.1, -0.05) is 25.0 Å². The maximum absolute atomic E-state index is 6.10. The minimum absolute atomic E-state index is 0. The second-order valence-corrected chi connectivity index (χ2v) is 9.44. The van der Waals surface area contributed by atoms with Crippen LogP contribution in [0.15, 0.2) is 30.6 Å². The molecule has 0 radical (unpaired) electrons. The molecule has 184 valence electrons. The van der Waals surface area contributed by atoms with Gasteiger partial charge in [0.1, 0.15) is 5.75 Å². The molecular weight excluding hydrogens is 450 g/mol. The number of ether oxygens (including phenoxy) is 1. The Labute approximate surface area is 207 Å². The quantitative estimate of drug-likeness (QED) is 0.424. The SMILES string of the molecule is COc1cccc(CCNc2nc(NC3CCC(N)CC3)nc3c2ncn3C2CCCC2)c1.Cl. The lowest BCUT2D eigenvalue weighted by Gasteiger charge is -2.27. The normalized spacial score (nSPS) is 20.8. The van der Waals surface area contributed by atoms with E-state index in [-0.39, 0.29) is 12.4 Å². The molecule has 1 aromatic carbocycles. The van der Waals surface area contributed by atoms with E-state index in [0.717, 1.165) is 61.4 Å². The number of methoxy groups -OCH3 is 1. The Morgan fingerprint density at radius 3 is 2.65 bits per heavy atom. The first kappa shape index (κ1) is 24.5. The second kappa shape index (κ2) is 11.2. The number of aromatic nitrogens is 4. The summed E-state index contributed by atoms with van der Waals surface area (Å²) < 4.78 is 7.62. The first-order valence-corrected chi connectivity index (χ1v) is 12.3. The highest BCUT2D eigenvalue weighted by Crippen LogP contribution is 2.33. The summed E-state index contributed by atoms with van der Waals surface area (Å²) in [4.78, 5) is 14.5. The molecule has 5 rings (SSSR count). The average Bonchev–Trinajstić information content (AvgIpc) is 3.51. The van der Waals surface area contributed by atoms with E-state index in [4.69, 9.17) is 25.4 Å². The van der Waals surface area contributed by atoms with Gasteiger partial charge in [-0.05, 0) is 62.6 Å². The van der Waals surface area contributed by atoms with Gasteiger partial charge in [-0.3, -0.25) is 0 Å². The third-order valence-electron chi connectivity index (χ3n) is 7.08. The molecule has 0 saturated heterocycles. The minimum Gasteiger partial charge on any atom is -0.497 e. The molecular formula is C25H36ClN7O. The van der Waals surface area contributed by atoms with Crippen LogP contribution >= 0.6 is 12.4 Å². The number of fused-ring (bicyclic) bond motifs is 1. The summed E-state index contributed by atoms with van der Waals surface area (Å²) in [6.07, 6.45) is 12.0. The fraction of sp³-hybridized carbons (Fsp3) is 0.560. The van der Waals surface area contributed by atoms with Gasteiger partial charge in [0.2, 0.25) is 5.95 Å². The van der Waals surface area contributed by atoms with Crippen molar-refractivity contribution >= 4 is 35.3 Å². The van der Waals surface area contributed by atoms with Crippen LogP contribution in [0.25, 0.3) is 11.2 Å². The van der Waals surface area contributed by atoms with E-state index in [1.165, 1.54) is 31.2 Å². The van der Waals surface area contributed by atoms with Crippen molar-refractivity contribution in [3.05, 3.63) is 36.2 Å². The van der Waals surface area contributed by atoms with Gasteiger partial charge in [-0.15, -0.1) is 12.4 Å². The summed E-state index contributed by atoms with van der Waals surface area (Å²) >= 11 is 0. The number of halogens is 1. The molecule has 3 aromatic rings. The fourth-order valence-corrected chi connectivity index (χ4v) is 5.15. The molecule has 2 heterocycles. The zero-order valence-electron chi connectivity index (χ0n) is 19.9. The summed E-state index contributed by atoms with van der Waals surface area (Å²) in [6.45, 7) is 0.757. The number of anilines is 2. The highest BCUT2D eigenvalue weighted by atomic mass is 35.5. The van der Waals surface area contributed by atoms with Crippen molar-refractivity contribution in [1.29, 1.82) is 0 Å². The molecule has 0 aliphatic heterocycles. The predicted molar refractivity (Wildman–Crippen MR) is 139 cm³/mol. The summed E-state index contributed by atoms with van der Waals surface area (Å²) in [7, 11) is 1.70. The van der Waals surface area contributed by atoms with Gasteiger partial charge < -0.3 is 25.7 Å². The lowest BCUT2D eigenvalue weighted by molar-refractivity contribution is 0.410. The summed E-state index contributed by atoms with van der Waals surface area (Å²) in [5.74, 6) is 2.37. The second-order valence-electron chi connectivity index (χ2n) is 9.44. The highest BCUT2D eigenvalue weighted by Gasteiger charge is 2.23. The Morgan fingerprint density at radius 2 is 1.88 bits per heavy atom. The molecule has 0 amide bonds. The Balaban J connectivity index is 0.00000274. The number of nitrogens with one attached hydrogen (secondary N) is 2. The number of hydrogen-bond acceptors (Lipinski definition) is 7. The molecule has 2 aliphatic carbocycles. The molecule has 2 saturated carbocycles.